The van der Waals surface area contributed by atoms with E-state index in [1.54, 1.807) is 6.92 Å². The molecule has 1 saturated heterocycles. The Balaban J connectivity index is 2.50. The van der Waals surface area contributed by atoms with Crippen molar-refractivity contribution in [3.63, 3.8) is 0 Å². The van der Waals surface area contributed by atoms with Crippen molar-refractivity contribution < 1.29 is 27.9 Å². The van der Waals surface area contributed by atoms with Crippen molar-refractivity contribution in [1.29, 1.82) is 0 Å². The number of nitrogens with one attached hydrogen (secondary N) is 1. The van der Waals surface area contributed by atoms with E-state index >= 15 is 0 Å². The topological polar surface area (TPSA) is 121 Å². The minimum atomic E-state index is -3.13. The van der Waals surface area contributed by atoms with E-state index in [-0.39, 0.29) is 30.9 Å². The average Bonchev–Trinajstić information content (AvgIpc) is 2.24. The standard InChI is InChI=1S/C10H16N2O6S/c1-7-6-19(17,18)5-4-12(7)10(16)11-8(13)2-3-9(14)15/h7H,2-6H2,1H3,(H,14,15)(H,11,13,16). The molecule has 0 aliphatic carbocycles. The zero-order valence-corrected chi connectivity index (χ0v) is 11.3. The first kappa shape index (κ1) is 15.4. The first-order valence-electron chi connectivity index (χ1n) is 5.74. The third kappa shape index (κ3) is 4.86. The summed E-state index contributed by atoms with van der Waals surface area (Å²) in [6.45, 7) is 1.61. The van der Waals surface area contributed by atoms with Crippen molar-refractivity contribution in [2.45, 2.75) is 25.8 Å². The molecule has 0 saturated carbocycles. The van der Waals surface area contributed by atoms with Gasteiger partial charge in [-0.05, 0) is 6.92 Å². The summed E-state index contributed by atoms with van der Waals surface area (Å²) in [4.78, 5) is 34.6. The molecule has 2 N–H and O–H groups in total. The quantitative estimate of drug-likeness (QED) is 0.703. The second kappa shape index (κ2) is 6.00. The molecule has 9 heteroatoms. The molecule has 0 spiro atoms. The van der Waals surface area contributed by atoms with E-state index in [0.29, 0.717) is 0 Å². The van der Waals surface area contributed by atoms with Crippen LogP contribution in [-0.4, -0.2) is 60.4 Å². The highest BCUT2D eigenvalue weighted by atomic mass is 32.2. The SMILES string of the molecule is CC1CS(=O)(=O)CCN1C(=O)NC(=O)CCC(=O)O. The number of sulfone groups is 1. The number of hydrogen-bond acceptors (Lipinski definition) is 5. The van der Waals surface area contributed by atoms with Gasteiger partial charge < -0.3 is 10.0 Å². The van der Waals surface area contributed by atoms with Gasteiger partial charge in [0.15, 0.2) is 9.84 Å². The van der Waals surface area contributed by atoms with Crippen LogP contribution in [0.2, 0.25) is 0 Å². The van der Waals surface area contributed by atoms with Crippen molar-refractivity contribution in [3.8, 4) is 0 Å². The van der Waals surface area contributed by atoms with Gasteiger partial charge in [0, 0.05) is 19.0 Å². The summed E-state index contributed by atoms with van der Waals surface area (Å²) >= 11 is 0. The third-order valence-corrected chi connectivity index (χ3v) is 4.54. The number of imide groups is 1. The molecule has 19 heavy (non-hydrogen) atoms. The number of carboxylic acids is 1. The summed E-state index contributed by atoms with van der Waals surface area (Å²) < 4.78 is 22.7. The number of aliphatic carboxylic acids is 1. The third-order valence-electron chi connectivity index (χ3n) is 2.74. The van der Waals surface area contributed by atoms with E-state index in [2.05, 4.69) is 5.32 Å². The Hall–Kier alpha value is -1.64. The molecule has 1 atom stereocenters. The number of urea groups is 1. The van der Waals surface area contributed by atoms with Crippen molar-refractivity contribution in [2.24, 2.45) is 0 Å². The van der Waals surface area contributed by atoms with Crippen LogP contribution in [0.3, 0.4) is 0 Å². The van der Waals surface area contributed by atoms with Gasteiger partial charge in [-0.1, -0.05) is 0 Å². The van der Waals surface area contributed by atoms with Gasteiger partial charge in [0.25, 0.3) is 0 Å². The largest absolute Gasteiger partial charge is 0.481 e. The van der Waals surface area contributed by atoms with E-state index in [9.17, 15) is 22.8 Å². The van der Waals surface area contributed by atoms with E-state index in [0.717, 1.165) is 0 Å². The monoisotopic (exact) mass is 292 g/mol. The number of hydrogen-bond donors (Lipinski definition) is 2. The number of rotatable bonds is 3. The number of nitrogens with zero attached hydrogens (tertiary/aromatic N) is 1. The molecule has 1 heterocycles. The van der Waals surface area contributed by atoms with Crippen LogP contribution in [-0.2, 0) is 19.4 Å². The van der Waals surface area contributed by atoms with E-state index in [1.165, 1.54) is 4.90 Å². The molecule has 1 aliphatic heterocycles. The summed E-state index contributed by atoms with van der Waals surface area (Å²) in [6.07, 6.45) is -0.648. The van der Waals surface area contributed by atoms with Crippen molar-refractivity contribution in [1.82, 2.24) is 10.2 Å². The molecular formula is C10H16N2O6S. The highest BCUT2D eigenvalue weighted by Crippen LogP contribution is 2.11. The molecule has 0 aromatic carbocycles. The van der Waals surface area contributed by atoms with Crippen LogP contribution >= 0.6 is 0 Å². The highest BCUT2D eigenvalue weighted by molar-refractivity contribution is 7.91. The predicted octanol–water partition coefficient (Wildman–Crippen LogP) is -0.794. The maximum absolute atomic E-state index is 11.7. The molecule has 0 radical (unpaired) electrons. The fraction of sp³-hybridized carbons (Fsp3) is 0.700. The van der Waals surface area contributed by atoms with Crippen molar-refractivity contribution >= 4 is 27.7 Å². The Morgan fingerprint density at radius 2 is 1.95 bits per heavy atom. The van der Waals surface area contributed by atoms with Gasteiger partial charge in [-0.25, -0.2) is 13.2 Å². The lowest BCUT2D eigenvalue weighted by Crippen LogP contribution is -2.54. The lowest BCUT2D eigenvalue weighted by molar-refractivity contribution is -0.138. The van der Waals surface area contributed by atoms with Gasteiger partial charge in [-0.15, -0.1) is 0 Å². The first-order chi connectivity index (χ1) is 8.71. The second-order valence-corrected chi connectivity index (χ2v) is 6.63. The Kier molecular flexibility index (Phi) is 4.87. The number of carboxylic acid groups (broad SMARTS) is 1. The molecular weight excluding hydrogens is 276 g/mol. The molecule has 0 aromatic rings. The molecule has 0 aromatic heterocycles. The Morgan fingerprint density at radius 1 is 1.32 bits per heavy atom. The zero-order valence-electron chi connectivity index (χ0n) is 10.5. The number of carbonyl (C=O) groups excluding carboxylic acids is 2. The highest BCUT2D eigenvalue weighted by Gasteiger charge is 2.31. The molecule has 0 bridgehead atoms. The minimum absolute atomic E-state index is 0.0293. The summed E-state index contributed by atoms with van der Waals surface area (Å²) in [7, 11) is -3.13. The van der Waals surface area contributed by atoms with Gasteiger partial charge >= 0.3 is 12.0 Å². The lowest BCUT2D eigenvalue weighted by atomic mass is 10.3. The summed E-state index contributed by atoms with van der Waals surface area (Å²) in [5, 5.41) is 10.5. The average molecular weight is 292 g/mol. The first-order valence-corrected chi connectivity index (χ1v) is 7.56. The Labute approximate surface area is 110 Å². The smallest absolute Gasteiger partial charge is 0.324 e. The maximum Gasteiger partial charge on any atom is 0.324 e. The van der Waals surface area contributed by atoms with Gasteiger partial charge in [-0.2, -0.15) is 0 Å². The van der Waals surface area contributed by atoms with Crippen LogP contribution < -0.4 is 5.32 Å². The van der Waals surface area contributed by atoms with E-state index in [1.807, 2.05) is 0 Å². The Bertz CT molecular complexity index is 486. The summed E-state index contributed by atoms with van der Waals surface area (Å²) in [5.41, 5.74) is 0. The van der Waals surface area contributed by atoms with Crippen LogP contribution in [0.25, 0.3) is 0 Å². The summed E-state index contributed by atoms with van der Waals surface area (Å²) in [5.74, 6) is -2.08. The maximum atomic E-state index is 11.7. The number of carbonyl (C=O) groups is 3. The van der Waals surface area contributed by atoms with Gasteiger partial charge in [0.2, 0.25) is 5.91 Å². The van der Waals surface area contributed by atoms with Crippen LogP contribution in [0.1, 0.15) is 19.8 Å². The lowest BCUT2D eigenvalue weighted by Gasteiger charge is -2.32. The van der Waals surface area contributed by atoms with Crippen molar-refractivity contribution in [2.75, 3.05) is 18.1 Å². The molecule has 108 valence electrons. The van der Waals surface area contributed by atoms with Crippen molar-refractivity contribution in [3.05, 3.63) is 0 Å². The predicted molar refractivity (Wildman–Crippen MR) is 65.2 cm³/mol. The minimum Gasteiger partial charge on any atom is -0.481 e. The molecule has 1 unspecified atom stereocenters. The van der Waals surface area contributed by atoms with E-state index < -0.39 is 33.8 Å². The van der Waals surface area contributed by atoms with Gasteiger partial charge in [0.05, 0.1) is 17.9 Å². The molecule has 1 fully saturated rings. The molecule has 3 amide bonds. The Morgan fingerprint density at radius 3 is 2.47 bits per heavy atom. The molecule has 1 aliphatic rings. The molecule has 1 rings (SSSR count). The number of amides is 3. The fourth-order valence-corrected chi connectivity index (χ4v) is 3.33. The normalized spacial score (nSPS) is 21.7. The van der Waals surface area contributed by atoms with Crippen LogP contribution in [0.4, 0.5) is 4.79 Å². The summed E-state index contributed by atoms with van der Waals surface area (Å²) in [6, 6.07) is -1.19. The van der Waals surface area contributed by atoms with E-state index in [4.69, 9.17) is 5.11 Å². The zero-order chi connectivity index (χ0) is 14.6. The van der Waals surface area contributed by atoms with Crippen LogP contribution in [0.5, 0.6) is 0 Å². The van der Waals surface area contributed by atoms with Gasteiger partial charge in [0.1, 0.15) is 0 Å². The fourth-order valence-electron chi connectivity index (χ4n) is 1.77. The van der Waals surface area contributed by atoms with Crippen LogP contribution in [0.15, 0.2) is 0 Å². The molecule has 8 nitrogen and oxygen atoms in total. The van der Waals surface area contributed by atoms with Gasteiger partial charge in [-0.3, -0.25) is 14.9 Å². The van der Waals surface area contributed by atoms with Crippen LogP contribution in [0, 0.1) is 0 Å². The second-order valence-electron chi connectivity index (χ2n) is 4.40.